The predicted octanol–water partition coefficient (Wildman–Crippen LogP) is 2.22. The molecule has 0 saturated carbocycles. The molecule has 1 atom stereocenters. The third kappa shape index (κ3) is 2.81. The summed E-state index contributed by atoms with van der Waals surface area (Å²) in [5.74, 6) is -0.142. The lowest BCUT2D eigenvalue weighted by Crippen LogP contribution is -2.37. The number of nitrogens with zero attached hydrogens (tertiary/aromatic N) is 2. The molecule has 0 radical (unpaired) electrons. The second kappa shape index (κ2) is 6.10. The molecule has 4 heteroatoms. The van der Waals surface area contributed by atoms with E-state index in [1.54, 1.807) is 12.1 Å². The van der Waals surface area contributed by atoms with Crippen molar-refractivity contribution in [2.45, 2.75) is 31.8 Å². The second-order valence-corrected chi connectivity index (χ2v) is 5.93. The van der Waals surface area contributed by atoms with E-state index in [2.05, 4.69) is 15.1 Å². The standard InChI is InChI=1S/C16H24FN3/c1-18-11-13-10-14(17)5-6-16(13)20-9-3-8-19-7-2-4-15(19)12-20/h5-6,10,15,18H,2-4,7-9,11-12H2,1H3. The molecule has 20 heavy (non-hydrogen) atoms. The van der Waals surface area contributed by atoms with Gasteiger partial charge in [0.2, 0.25) is 0 Å². The van der Waals surface area contributed by atoms with Gasteiger partial charge in [-0.1, -0.05) is 0 Å². The van der Waals surface area contributed by atoms with Crippen molar-refractivity contribution in [3.8, 4) is 0 Å². The third-order valence-electron chi connectivity index (χ3n) is 4.55. The van der Waals surface area contributed by atoms with E-state index in [0.29, 0.717) is 6.04 Å². The number of fused-ring (bicyclic) bond motifs is 1. The summed E-state index contributed by atoms with van der Waals surface area (Å²) in [5.41, 5.74) is 2.27. The Kier molecular flexibility index (Phi) is 4.22. The van der Waals surface area contributed by atoms with Gasteiger partial charge < -0.3 is 10.2 Å². The van der Waals surface area contributed by atoms with Crippen LogP contribution in [0.5, 0.6) is 0 Å². The summed E-state index contributed by atoms with van der Waals surface area (Å²) in [7, 11) is 1.91. The van der Waals surface area contributed by atoms with Gasteiger partial charge in [0.15, 0.2) is 0 Å². The number of hydrogen-bond donors (Lipinski definition) is 1. The molecule has 2 saturated heterocycles. The number of halogens is 1. The van der Waals surface area contributed by atoms with Crippen molar-refractivity contribution in [3.05, 3.63) is 29.6 Å². The van der Waals surface area contributed by atoms with Crippen LogP contribution in [0.15, 0.2) is 18.2 Å². The van der Waals surface area contributed by atoms with Crippen LogP contribution in [-0.4, -0.2) is 44.2 Å². The van der Waals surface area contributed by atoms with E-state index in [0.717, 1.165) is 25.2 Å². The highest BCUT2D eigenvalue weighted by molar-refractivity contribution is 5.54. The van der Waals surface area contributed by atoms with Crippen LogP contribution >= 0.6 is 0 Å². The highest BCUT2D eigenvalue weighted by atomic mass is 19.1. The summed E-state index contributed by atoms with van der Waals surface area (Å²) in [4.78, 5) is 5.09. The lowest BCUT2D eigenvalue weighted by molar-refractivity contribution is 0.273. The first-order chi connectivity index (χ1) is 9.78. The van der Waals surface area contributed by atoms with E-state index in [-0.39, 0.29) is 5.82 Å². The Hall–Kier alpha value is -1.13. The van der Waals surface area contributed by atoms with Crippen molar-refractivity contribution in [2.75, 3.05) is 38.1 Å². The molecule has 1 aromatic rings. The maximum absolute atomic E-state index is 13.5. The maximum Gasteiger partial charge on any atom is 0.123 e. The first-order valence-corrected chi connectivity index (χ1v) is 7.70. The van der Waals surface area contributed by atoms with Crippen LogP contribution in [0, 0.1) is 5.82 Å². The lowest BCUT2D eigenvalue weighted by atomic mass is 10.1. The Morgan fingerprint density at radius 2 is 2.10 bits per heavy atom. The zero-order valence-corrected chi connectivity index (χ0v) is 12.2. The quantitative estimate of drug-likeness (QED) is 0.914. The Morgan fingerprint density at radius 3 is 2.95 bits per heavy atom. The van der Waals surface area contributed by atoms with Crippen LogP contribution < -0.4 is 10.2 Å². The van der Waals surface area contributed by atoms with Crippen molar-refractivity contribution >= 4 is 5.69 Å². The fourth-order valence-corrected chi connectivity index (χ4v) is 3.62. The molecule has 1 N–H and O–H groups in total. The molecule has 0 aromatic heterocycles. The normalized spacial score (nSPS) is 23.7. The minimum absolute atomic E-state index is 0.142. The molecule has 1 aromatic carbocycles. The van der Waals surface area contributed by atoms with Crippen LogP contribution in [0.2, 0.25) is 0 Å². The highest BCUT2D eigenvalue weighted by Crippen LogP contribution is 2.27. The molecule has 2 fully saturated rings. The van der Waals surface area contributed by atoms with Gasteiger partial charge in [0.25, 0.3) is 0 Å². The van der Waals surface area contributed by atoms with Crippen molar-refractivity contribution in [2.24, 2.45) is 0 Å². The smallest absolute Gasteiger partial charge is 0.123 e. The fraction of sp³-hybridized carbons (Fsp3) is 0.625. The summed E-state index contributed by atoms with van der Waals surface area (Å²) in [5, 5.41) is 3.15. The van der Waals surface area contributed by atoms with Crippen molar-refractivity contribution in [1.29, 1.82) is 0 Å². The number of benzene rings is 1. The van der Waals surface area contributed by atoms with Gasteiger partial charge in [-0.3, -0.25) is 4.90 Å². The van der Waals surface area contributed by atoms with E-state index < -0.39 is 0 Å². The molecule has 0 bridgehead atoms. The minimum Gasteiger partial charge on any atom is -0.370 e. The van der Waals surface area contributed by atoms with Crippen LogP contribution in [-0.2, 0) is 6.54 Å². The molecule has 0 aliphatic carbocycles. The molecular weight excluding hydrogens is 253 g/mol. The average molecular weight is 277 g/mol. The number of rotatable bonds is 3. The van der Waals surface area contributed by atoms with Gasteiger partial charge in [-0.15, -0.1) is 0 Å². The third-order valence-corrected chi connectivity index (χ3v) is 4.55. The van der Waals surface area contributed by atoms with Crippen LogP contribution in [0.1, 0.15) is 24.8 Å². The Balaban J connectivity index is 1.83. The molecule has 0 amide bonds. The highest BCUT2D eigenvalue weighted by Gasteiger charge is 2.29. The van der Waals surface area contributed by atoms with Gasteiger partial charge in [-0.25, -0.2) is 4.39 Å². The first kappa shape index (κ1) is 13.8. The van der Waals surface area contributed by atoms with E-state index in [1.165, 1.54) is 38.0 Å². The molecule has 2 aliphatic rings. The summed E-state index contributed by atoms with van der Waals surface area (Å²) < 4.78 is 13.5. The van der Waals surface area contributed by atoms with E-state index in [1.807, 2.05) is 13.1 Å². The van der Waals surface area contributed by atoms with Gasteiger partial charge in [0.05, 0.1) is 0 Å². The van der Waals surface area contributed by atoms with Crippen molar-refractivity contribution in [3.63, 3.8) is 0 Å². The average Bonchev–Trinajstić information content (AvgIpc) is 2.77. The zero-order valence-electron chi connectivity index (χ0n) is 12.2. The van der Waals surface area contributed by atoms with Gasteiger partial charge >= 0.3 is 0 Å². The second-order valence-electron chi connectivity index (χ2n) is 5.93. The van der Waals surface area contributed by atoms with Gasteiger partial charge in [-0.05, 0) is 56.6 Å². The van der Waals surface area contributed by atoms with E-state index >= 15 is 0 Å². The summed E-state index contributed by atoms with van der Waals surface area (Å²) >= 11 is 0. The minimum atomic E-state index is -0.142. The molecular formula is C16H24FN3. The van der Waals surface area contributed by atoms with E-state index in [9.17, 15) is 4.39 Å². The molecule has 3 rings (SSSR count). The maximum atomic E-state index is 13.5. The topological polar surface area (TPSA) is 18.5 Å². The molecule has 2 aliphatic heterocycles. The summed E-state index contributed by atoms with van der Waals surface area (Å²) in [6, 6.07) is 5.90. The molecule has 1 unspecified atom stereocenters. The zero-order chi connectivity index (χ0) is 13.9. The van der Waals surface area contributed by atoms with Gasteiger partial charge in [0, 0.05) is 37.9 Å². The van der Waals surface area contributed by atoms with Crippen molar-refractivity contribution in [1.82, 2.24) is 10.2 Å². The Labute approximate surface area is 120 Å². The van der Waals surface area contributed by atoms with Crippen molar-refractivity contribution < 1.29 is 4.39 Å². The first-order valence-electron chi connectivity index (χ1n) is 7.70. The number of nitrogens with one attached hydrogen (secondary N) is 1. The molecule has 0 spiro atoms. The molecule has 2 heterocycles. The monoisotopic (exact) mass is 277 g/mol. The predicted molar refractivity (Wildman–Crippen MR) is 80.6 cm³/mol. The molecule has 110 valence electrons. The largest absolute Gasteiger partial charge is 0.370 e. The Morgan fingerprint density at radius 1 is 1.25 bits per heavy atom. The summed E-state index contributed by atoms with van der Waals surface area (Å²) in [6.07, 6.45) is 3.83. The number of anilines is 1. The van der Waals surface area contributed by atoms with E-state index in [4.69, 9.17) is 0 Å². The summed E-state index contributed by atoms with van der Waals surface area (Å²) in [6.45, 7) is 5.35. The lowest BCUT2D eigenvalue weighted by Gasteiger charge is -2.29. The fourth-order valence-electron chi connectivity index (χ4n) is 3.62. The number of hydrogen-bond acceptors (Lipinski definition) is 3. The van der Waals surface area contributed by atoms with Gasteiger partial charge in [0.1, 0.15) is 5.82 Å². The van der Waals surface area contributed by atoms with Crippen LogP contribution in [0.25, 0.3) is 0 Å². The van der Waals surface area contributed by atoms with Crippen LogP contribution in [0.3, 0.4) is 0 Å². The van der Waals surface area contributed by atoms with Gasteiger partial charge in [-0.2, -0.15) is 0 Å². The van der Waals surface area contributed by atoms with Crippen LogP contribution in [0.4, 0.5) is 10.1 Å². The molecule has 3 nitrogen and oxygen atoms in total. The SMILES string of the molecule is CNCc1cc(F)ccc1N1CCCN2CCCC2C1. The Bertz CT molecular complexity index is 463.